The van der Waals surface area contributed by atoms with Crippen LogP contribution < -0.4 is 10.1 Å². The summed E-state index contributed by atoms with van der Waals surface area (Å²) in [6.45, 7) is 12.6. The Hall–Kier alpha value is -2.33. The van der Waals surface area contributed by atoms with Crippen LogP contribution in [0.1, 0.15) is 53.2 Å². The molecule has 0 aromatic heterocycles. The van der Waals surface area contributed by atoms with Gasteiger partial charge < -0.3 is 10.1 Å². The lowest BCUT2D eigenvalue weighted by Gasteiger charge is -2.47. The molecule has 4 rings (SSSR count). The summed E-state index contributed by atoms with van der Waals surface area (Å²) in [6, 6.07) is 16.2. The van der Waals surface area contributed by atoms with Crippen LogP contribution in [0.2, 0.25) is 0 Å². The number of benzene rings is 2. The van der Waals surface area contributed by atoms with Gasteiger partial charge >= 0.3 is 0 Å². The van der Waals surface area contributed by atoms with Crippen LogP contribution in [0.15, 0.2) is 76.3 Å². The predicted octanol–water partition coefficient (Wildman–Crippen LogP) is 7.26. The quantitative estimate of drug-likeness (QED) is 0.467. The van der Waals surface area contributed by atoms with Crippen LogP contribution in [0.4, 0.5) is 5.69 Å². The molecule has 0 unspecified atom stereocenters. The van der Waals surface area contributed by atoms with Crippen LogP contribution in [0.3, 0.4) is 0 Å². The normalized spacial score (nSPS) is 20.4. The maximum absolute atomic E-state index is 13.6. The van der Waals surface area contributed by atoms with Crippen LogP contribution in [0.5, 0.6) is 5.75 Å². The minimum atomic E-state index is -0.686. The van der Waals surface area contributed by atoms with Crippen molar-refractivity contribution in [2.24, 2.45) is 10.8 Å². The van der Waals surface area contributed by atoms with Gasteiger partial charge in [-0.1, -0.05) is 87.8 Å². The Balaban J connectivity index is 2.01. The number of rotatable bonds is 1. The molecule has 0 saturated carbocycles. The Morgan fingerprint density at radius 1 is 0.903 bits per heavy atom. The molecule has 0 fully saturated rings. The number of hydrogen-bond acceptors (Lipinski definition) is 3. The molecule has 0 radical (unpaired) electrons. The highest BCUT2D eigenvalue weighted by atomic mass is 79.9. The van der Waals surface area contributed by atoms with E-state index in [4.69, 9.17) is 4.74 Å². The van der Waals surface area contributed by atoms with E-state index in [-0.39, 0.29) is 22.7 Å². The summed E-state index contributed by atoms with van der Waals surface area (Å²) in [6.07, 6.45) is 3.89. The van der Waals surface area contributed by atoms with Gasteiger partial charge in [0.1, 0.15) is 11.3 Å². The first kappa shape index (κ1) is 21.9. The lowest BCUT2D eigenvalue weighted by atomic mass is 9.67. The fourth-order valence-corrected chi connectivity index (χ4v) is 4.69. The largest absolute Gasteiger partial charge is 0.480 e. The van der Waals surface area contributed by atoms with Gasteiger partial charge in [0.15, 0.2) is 11.9 Å². The van der Waals surface area contributed by atoms with Crippen LogP contribution in [0.25, 0.3) is 0 Å². The molecule has 1 atom stereocenters. The standard InChI is InChI=1S/C27H30BrNO2/c1-25(2,3)19-15-27(16-20(23(19)30)26(4,5)6)24(17-10-8-7-9-11-17)31-22-13-12-18(28)14-21(22)29-27/h7-16,24,29H,1-6H3/t24-/m1/s1. The molecule has 4 heteroatoms. The van der Waals surface area contributed by atoms with Crippen molar-refractivity contribution in [2.45, 2.75) is 53.2 Å². The van der Waals surface area contributed by atoms with Crippen molar-refractivity contribution in [3.8, 4) is 5.75 Å². The van der Waals surface area contributed by atoms with Crippen LogP contribution in [-0.2, 0) is 4.79 Å². The number of ether oxygens (including phenoxy) is 1. The molecule has 0 amide bonds. The third kappa shape index (κ3) is 3.98. The molecule has 2 aromatic rings. The van der Waals surface area contributed by atoms with Crippen molar-refractivity contribution in [3.63, 3.8) is 0 Å². The second-order valence-electron chi connectivity index (χ2n) is 10.6. The van der Waals surface area contributed by atoms with Gasteiger partial charge in [-0.25, -0.2) is 0 Å². The molecule has 1 N–H and O–H groups in total. The Kier molecular flexibility index (Phi) is 5.20. The first-order valence-corrected chi connectivity index (χ1v) is 11.5. The second kappa shape index (κ2) is 7.37. The number of Topliss-reactive ketones (excluding diaryl/α,β-unsaturated/α-hetero) is 1. The summed E-state index contributed by atoms with van der Waals surface area (Å²) in [5.41, 5.74) is 2.32. The SMILES string of the molecule is CC(C)(C)C1=CC2(C=C(C(C)(C)C)C1=O)Nc1cc(Br)ccc1O[C@@H]2c1ccccc1. The molecule has 31 heavy (non-hydrogen) atoms. The summed E-state index contributed by atoms with van der Waals surface area (Å²) < 4.78 is 7.61. The lowest BCUT2D eigenvalue weighted by Crippen LogP contribution is -2.50. The van der Waals surface area contributed by atoms with Crippen molar-refractivity contribution in [1.82, 2.24) is 0 Å². The maximum Gasteiger partial charge on any atom is 0.185 e. The zero-order valence-electron chi connectivity index (χ0n) is 19.0. The van der Waals surface area contributed by atoms with Crippen molar-refractivity contribution >= 4 is 27.4 Å². The van der Waals surface area contributed by atoms with E-state index in [1.165, 1.54) is 0 Å². The van der Waals surface area contributed by atoms with Gasteiger partial charge in [-0.15, -0.1) is 0 Å². The van der Waals surface area contributed by atoms with Crippen LogP contribution in [0, 0.1) is 10.8 Å². The first-order chi connectivity index (χ1) is 14.4. The topological polar surface area (TPSA) is 38.3 Å². The number of carbonyl (C=O) groups is 1. The van der Waals surface area contributed by atoms with E-state index in [0.717, 1.165) is 32.6 Å². The number of fused-ring (bicyclic) bond motifs is 1. The zero-order chi connectivity index (χ0) is 22.6. The van der Waals surface area contributed by atoms with E-state index < -0.39 is 5.54 Å². The highest BCUT2D eigenvalue weighted by Gasteiger charge is 2.48. The second-order valence-corrected chi connectivity index (χ2v) is 11.5. The molecule has 1 aliphatic carbocycles. The van der Waals surface area contributed by atoms with Crippen LogP contribution in [-0.4, -0.2) is 11.3 Å². The van der Waals surface area contributed by atoms with Gasteiger partial charge in [0, 0.05) is 15.6 Å². The van der Waals surface area contributed by atoms with Crippen molar-refractivity contribution in [3.05, 3.63) is 81.9 Å². The Morgan fingerprint density at radius 2 is 1.48 bits per heavy atom. The summed E-state index contributed by atoms with van der Waals surface area (Å²) in [7, 11) is 0. The fourth-order valence-electron chi connectivity index (χ4n) is 4.33. The highest BCUT2D eigenvalue weighted by molar-refractivity contribution is 9.10. The molecule has 1 spiro atoms. The molecule has 1 aliphatic heterocycles. The molecule has 2 aliphatic rings. The molecule has 0 saturated heterocycles. The van der Waals surface area contributed by atoms with Gasteiger partial charge in [0.2, 0.25) is 0 Å². The van der Waals surface area contributed by atoms with E-state index in [2.05, 4.69) is 87.1 Å². The van der Waals surface area contributed by atoms with Gasteiger partial charge in [0.05, 0.1) is 5.69 Å². The fraction of sp³-hybridized carbons (Fsp3) is 0.370. The van der Waals surface area contributed by atoms with Crippen LogP contribution >= 0.6 is 15.9 Å². The third-order valence-corrected chi connectivity index (χ3v) is 6.44. The first-order valence-electron chi connectivity index (χ1n) is 10.7. The minimum Gasteiger partial charge on any atom is -0.480 e. The minimum absolute atomic E-state index is 0.124. The molecule has 2 aromatic carbocycles. The van der Waals surface area contributed by atoms with Gasteiger partial charge in [-0.3, -0.25) is 4.79 Å². The third-order valence-electron chi connectivity index (χ3n) is 5.95. The molecular weight excluding hydrogens is 450 g/mol. The molecule has 0 bridgehead atoms. The van der Waals surface area contributed by atoms with Gasteiger partial charge in [-0.05, 0) is 46.7 Å². The Bertz CT molecular complexity index is 1050. The van der Waals surface area contributed by atoms with E-state index in [1.807, 2.05) is 36.4 Å². The van der Waals surface area contributed by atoms with Crippen molar-refractivity contribution in [2.75, 3.05) is 5.32 Å². The number of hydrogen-bond donors (Lipinski definition) is 1. The highest BCUT2D eigenvalue weighted by Crippen LogP contribution is 2.50. The Morgan fingerprint density at radius 3 is 2.03 bits per heavy atom. The maximum atomic E-state index is 13.6. The molecule has 162 valence electrons. The number of ketones is 1. The zero-order valence-corrected chi connectivity index (χ0v) is 20.6. The molecular formula is C27H30BrNO2. The van der Waals surface area contributed by atoms with Gasteiger partial charge in [0.25, 0.3) is 0 Å². The summed E-state index contributed by atoms with van der Waals surface area (Å²) in [4.78, 5) is 13.6. The summed E-state index contributed by atoms with van der Waals surface area (Å²) in [5, 5.41) is 3.77. The van der Waals surface area contributed by atoms with Crippen molar-refractivity contribution in [1.29, 1.82) is 0 Å². The average Bonchev–Trinajstić information content (AvgIpc) is 2.68. The molecule has 1 heterocycles. The smallest absolute Gasteiger partial charge is 0.185 e. The predicted molar refractivity (Wildman–Crippen MR) is 130 cm³/mol. The monoisotopic (exact) mass is 479 g/mol. The number of carbonyl (C=O) groups excluding carboxylic acids is 1. The number of nitrogens with one attached hydrogen (secondary N) is 1. The van der Waals surface area contributed by atoms with E-state index in [9.17, 15) is 4.79 Å². The number of anilines is 1. The van der Waals surface area contributed by atoms with E-state index in [0.29, 0.717) is 0 Å². The van der Waals surface area contributed by atoms with E-state index in [1.54, 1.807) is 0 Å². The number of halogens is 1. The van der Waals surface area contributed by atoms with E-state index >= 15 is 0 Å². The Labute approximate surface area is 193 Å². The van der Waals surface area contributed by atoms with Crippen molar-refractivity contribution < 1.29 is 9.53 Å². The van der Waals surface area contributed by atoms with Gasteiger partial charge in [-0.2, -0.15) is 0 Å². The average molecular weight is 480 g/mol. The summed E-state index contributed by atoms with van der Waals surface area (Å²) >= 11 is 3.58. The number of allylic oxidation sites excluding steroid dienone is 2. The molecule has 3 nitrogen and oxygen atoms in total. The summed E-state index contributed by atoms with van der Waals surface area (Å²) in [5.74, 6) is 0.926. The lowest BCUT2D eigenvalue weighted by molar-refractivity contribution is -0.114.